The second kappa shape index (κ2) is 8.11. The summed E-state index contributed by atoms with van der Waals surface area (Å²) in [6, 6.07) is 14.8. The molecule has 1 atom stereocenters. The van der Waals surface area contributed by atoms with Crippen molar-refractivity contribution in [2.45, 2.75) is 32.9 Å². The minimum absolute atomic E-state index is 0.214. The second-order valence-corrected chi connectivity index (χ2v) is 7.45. The third-order valence-corrected chi connectivity index (χ3v) is 5.40. The molecule has 1 fully saturated rings. The largest absolute Gasteiger partial charge is 0.481 e. The van der Waals surface area contributed by atoms with Crippen molar-refractivity contribution in [1.29, 1.82) is 0 Å². The molecule has 5 heteroatoms. The topological polar surface area (TPSA) is 52.6 Å². The van der Waals surface area contributed by atoms with Crippen LogP contribution in [0, 0.1) is 12.8 Å². The van der Waals surface area contributed by atoms with Crippen LogP contribution in [-0.2, 0) is 11.3 Å². The normalized spacial score (nSPS) is 16.1. The quantitative estimate of drug-likeness (QED) is 0.737. The number of nitrogens with one attached hydrogen (secondary N) is 1. The van der Waals surface area contributed by atoms with Crippen molar-refractivity contribution >= 4 is 23.3 Å². The number of likely N-dealkylation sites (tertiary alicyclic amines) is 1. The number of carboxylic acid groups (broad SMARTS) is 1. The van der Waals surface area contributed by atoms with Gasteiger partial charge in [0.25, 0.3) is 0 Å². The molecule has 0 aliphatic carbocycles. The molecule has 3 rings (SSSR count). The van der Waals surface area contributed by atoms with Crippen LogP contribution < -0.4 is 5.32 Å². The third kappa shape index (κ3) is 4.37. The lowest BCUT2D eigenvalue weighted by atomic mass is 9.99. The molecule has 4 nitrogen and oxygen atoms in total. The van der Waals surface area contributed by atoms with Gasteiger partial charge in [0, 0.05) is 30.3 Å². The van der Waals surface area contributed by atoms with Crippen LogP contribution in [-0.4, -0.2) is 29.1 Å². The van der Waals surface area contributed by atoms with Gasteiger partial charge in [0.05, 0.1) is 12.0 Å². The number of aliphatic carboxylic acids is 1. The average molecular weight is 373 g/mol. The summed E-state index contributed by atoms with van der Waals surface area (Å²) in [6.45, 7) is 6.24. The minimum atomic E-state index is -0.694. The number of aryl methyl sites for hydroxylation is 1. The number of halogens is 1. The standard InChI is InChI=1S/C21H25ClN2O2/c1-3-20(16-7-8-19(22)14(2)9-16)23-18-6-4-5-15(10-18)11-24-12-17(13-24)21(25)26/h4-10,17,20,23H,3,11-13H2,1-2H3,(H,25,26). The van der Waals surface area contributed by atoms with E-state index in [0.717, 1.165) is 29.2 Å². The van der Waals surface area contributed by atoms with E-state index in [-0.39, 0.29) is 12.0 Å². The summed E-state index contributed by atoms with van der Waals surface area (Å²) in [5, 5.41) is 13.4. The van der Waals surface area contributed by atoms with Crippen molar-refractivity contribution in [3.63, 3.8) is 0 Å². The van der Waals surface area contributed by atoms with Crippen molar-refractivity contribution < 1.29 is 9.90 Å². The van der Waals surface area contributed by atoms with E-state index in [1.54, 1.807) is 0 Å². The maximum absolute atomic E-state index is 10.9. The SMILES string of the molecule is CCC(Nc1cccc(CN2CC(C(=O)O)C2)c1)c1ccc(Cl)c(C)c1. The minimum Gasteiger partial charge on any atom is -0.481 e. The first kappa shape index (κ1) is 18.7. The Kier molecular flexibility index (Phi) is 5.84. The monoisotopic (exact) mass is 372 g/mol. The number of hydrogen-bond acceptors (Lipinski definition) is 3. The van der Waals surface area contributed by atoms with Crippen molar-refractivity contribution in [2.24, 2.45) is 5.92 Å². The molecule has 0 saturated carbocycles. The molecule has 1 saturated heterocycles. The summed E-state index contributed by atoms with van der Waals surface area (Å²) in [4.78, 5) is 13.1. The number of nitrogens with zero attached hydrogens (tertiary/aromatic N) is 1. The number of rotatable bonds is 7. The first-order valence-corrected chi connectivity index (χ1v) is 9.40. The van der Waals surface area contributed by atoms with E-state index in [2.05, 4.69) is 47.5 Å². The van der Waals surface area contributed by atoms with Gasteiger partial charge in [-0.2, -0.15) is 0 Å². The van der Waals surface area contributed by atoms with Gasteiger partial charge in [-0.05, 0) is 48.2 Å². The van der Waals surface area contributed by atoms with Crippen LogP contribution in [0.1, 0.15) is 36.1 Å². The Hall–Kier alpha value is -2.04. The highest BCUT2D eigenvalue weighted by atomic mass is 35.5. The van der Waals surface area contributed by atoms with Gasteiger partial charge in [-0.25, -0.2) is 0 Å². The molecular weight excluding hydrogens is 348 g/mol. The van der Waals surface area contributed by atoms with Crippen molar-refractivity contribution in [2.75, 3.05) is 18.4 Å². The number of hydrogen-bond donors (Lipinski definition) is 2. The van der Waals surface area contributed by atoms with Crippen LogP contribution in [0.3, 0.4) is 0 Å². The van der Waals surface area contributed by atoms with Gasteiger partial charge in [-0.1, -0.05) is 42.8 Å². The first-order chi connectivity index (χ1) is 12.5. The summed E-state index contributed by atoms with van der Waals surface area (Å²) in [5.74, 6) is -0.908. The molecule has 0 bridgehead atoms. The fourth-order valence-corrected chi connectivity index (χ4v) is 3.50. The molecule has 1 heterocycles. The van der Waals surface area contributed by atoms with Crippen LogP contribution in [0.25, 0.3) is 0 Å². The van der Waals surface area contributed by atoms with E-state index in [1.807, 2.05) is 19.1 Å². The third-order valence-electron chi connectivity index (χ3n) is 4.97. The summed E-state index contributed by atoms with van der Waals surface area (Å²) in [5.41, 5.74) is 4.59. The number of benzene rings is 2. The summed E-state index contributed by atoms with van der Waals surface area (Å²) in [6.07, 6.45) is 0.970. The molecule has 1 aliphatic heterocycles. The Labute approximate surface area is 159 Å². The van der Waals surface area contributed by atoms with Crippen molar-refractivity contribution in [3.8, 4) is 0 Å². The molecule has 1 unspecified atom stereocenters. The van der Waals surface area contributed by atoms with E-state index in [1.165, 1.54) is 11.1 Å². The number of carboxylic acids is 1. The molecular formula is C21H25ClN2O2. The van der Waals surface area contributed by atoms with Gasteiger partial charge in [-0.3, -0.25) is 9.69 Å². The Bertz CT molecular complexity index is 787. The summed E-state index contributed by atoms with van der Waals surface area (Å²) in [7, 11) is 0. The summed E-state index contributed by atoms with van der Waals surface area (Å²) >= 11 is 6.15. The lowest BCUT2D eigenvalue weighted by Crippen LogP contribution is -2.49. The van der Waals surface area contributed by atoms with Crippen LogP contribution in [0.4, 0.5) is 5.69 Å². The van der Waals surface area contributed by atoms with Crippen LogP contribution in [0.15, 0.2) is 42.5 Å². The van der Waals surface area contributed by atoms with Crippen molar-refractivity contribution in [1.82, 2.24) is 4.90 Å². The van der Waals surface area contributed by atoms with Crippen LogP contribution in [0.2, 0.25) is 5.02 Å². The van der Waals surface area contributed by atoms with E-state index < -0.39 is 5.97 Å². The molecule has 0 spiro atoms. The molecule has 0 aromatic heterocycles. The average Bonchev–Trinajstić information content (AvgIpc) is 2.58. The lowest BCUT2D eigenvalue weighted by molar-refractivity contribution is -0.147. The highest BCUT2D eigenvalue weighted by Crippen LogP contribution is 2.27. The zero-order valence-electron chi connectivity index (χ0n) is 15.2. The molecule has 1 aliphatic rings. The van der Waals surface area contributed by atoms with Gasteiger partial charge in [0.2, 0.25) is 0 Å². The predicted molar refractivity (Wildman–Crippen MR) is 106 cm³/mol. The Morgan fingerprint density at radius 2 is 2.08 bits per heavy atom. The second-order valence-electron chi connectivity index (χ2n) is 7.04. The molecule has 2 N–H and O–H groups in total. The molecule has 2 aromatic rings. The molecule has 0 radical (unpaired) electrons. The Balaban J connectivity index is 1.65. The maximum atomic E-state index is 10.9. The zero-order valence-corrected chi connectivity index (χ0v) is 16.0. The van der Waals surface area contributed by atoms with Crippen LogP contribution >= 0.6 is 11.6 Å². The highest BCUT2D eigenvalue weighted by molar-refractivity contribution is 6.31. The Morgan fingerprint density at radius 3 is 2.73 bits per heavy atom. The lowest BCUT2D eigenvalue weighted by Gasteiger charge is -2.36. The van der Waals surface area contributed by atoms with E-state index in [0.29, 0.717) is 13.1 Å². The van der Waals surface area contributed by atoms with Crippen molar-refractivity contribution in [3.05, 3.63) is 64.2 Å². The van der Waals surface area contributed by atoms with Gasteiger partial charge < -0.3 is 10.4 Å². The van der Waals surface area contributed by atoms with Gasteiger partial charge >= 0.3 is 5.97 Å². The van der Waals surface area contributed by atoms with Crippen LogP contribution in [0.5, 0.6) is 0 Å². The smallest absolute Gasteiger partial charge is 0.309 e. The number of carbonyl (C=O) groups is 1. The molecule has 2 aromatic carbocycles. The first-order valence-electron chi connectivity index (χ1n) is 9.03. The molecule has 138 valence electrons. The molecule has 0 amide bonds. The zero-order chi connectivity index (χ0) is 18.7. The fourth-order valence-electron chi connectivity index (χ4n) is 3.38. The predicted octanol–water partition coefficient (Wildman–Crippen LogP) is 4.73. The van der Waals surface area contributed by atoms with Gasteiger partial charge in [-0.15, -0.1) is 0 Å². The fraction of sp³-hybridized carbons (Fsp3) is 0.381. The van der Waals surface area contributed by atoms with Gasteiger partial charge in [0.15, 0.2) is 0 Å². The van der Waals surface area contributed by atoms with E-state index >= 15 is 0 Å². The van der Waals surface area contributed by atoms with Gasteiger partial charge in [0.1, 0.15) is 0 Å². The molecule has 26 heavy (non-hydrogen) atoms. The van der Waals surface area contributed by atoms with E-state index in [9.17, 15) is 4.79 Å². The summed E-state index contributed by atoms with van der Waals surface area (Å²) < 4.78 is 0. The number of anilines is 1. The highest BCUT2D eigenvalue weighted by Gasteiger charge is 2.32. The Morgan fingerprint density at radius 1 is 1.31 bits per heavy atom. The van der Waals surface area contributed by atoms with E-state index in [4.69, 9.17) is 16.7 Å². The maximum Gasteiger partial charge on any atom is 0.309 e.